The lowest BCUT2D eigenvalue weighted by atomic mass is 10.4. The minimum absolute atomic E-state index is 0.560. The standard InChI is InChI=1S/C7H12O2/c1-2-8-5-6-4-7(6)9-3-1/h6-7H,1-5H2. The molecule has 1 saturated heterocycles. The largest absolute Gasteiger partial charge is 0.381 e. The molecule has 2 nitrogen and oxygen atoms in total. The third kappa shape index (κ3) is 1.25. The van der Waals surface area contributed by atoms with E-state index >= 15 is 0 Å². The van der Waals surface area contributed by atoms with Gasteiger partial charge in [-0.1, -0.05) is 0 Å². The molecule has 2 heteroatoms. The average Bonchev–Trinajstić information content (AvgIpc) is 2.46. The highest BCUT2D eigenvalue weighted by atomic mass is 16.5. The van der Waals surface area contributed by atoms with Crippen molar-refractivity contribution in [1.82, 2.24) is 0 Å². The summed E-state index contributed by atoms with van der Waals surface area (Å²) in [6, 6.07) is 0. The summed E-state index contributed by atoms with van der Waals surface area (Å²) in [5, 5.41) is 0. The first-order valence-electron chi connectivity index (χ1n) is 3.66. The molecule has 0 aromatic carbocycles. The number of hydrogen-bond donors (Lipinski definition) is 0. The maximum absolute atomic E-state index is 5.48. The highest BCUT2D eigenvalue weighted by molar-refractivity contribution is 4.87. The number of ether oxygens (including phenoxy) is 2. The minimum atomic E-state index is 0.560. The van der Waals surface area contributed by atoms with Gasteiger partial charge >= 0.3 is 0 Å². The molecule has 2 aliphatic rings. The van der Waals surface area contributed by atoms with Gasteiger partial charge in [-0.25, -0.2) is 0 Å². The zero-order valence-electron chi connectivity index (χ0n) is 5.51. The summed E-state index contributed by atoms with van der Waals surface area (Å²) in [6.07, 6.45) is 2.87. The van der Waals surface area contributed by atoms with Gasteiger partial charge in [0.25, 0.3) is 0 Å². The molecule has 0 bridgehead atoms. The molecule has 0 spiro atoms. The molecule has 1 aliphatic carbocycles. The van der Waals surface area contributed by atoms with Crippen molar-refractivity contribution in [3.63, 3.8) is 0 Å². The Labute approximate surface area is 55.1 Å². The van der Waals surface area contributed by atoms with Crippen molar-refractivity contribution in [1.29, 1.82) is 0 Å². The Hall–Kier alpha value is -0.0800. The van der Waals surface area contributed by atoms with Gasteiger partial charge in [-0.15, -0.1) is 0 Å². The van der Waals surface area contributed by atoms with Crippen molar-refractivity contribution in [2.24, 2.45) is 5.92 Å². The van der Waals surface area contributed by atoms with Gasteiger partial charge in [-0.3, -0.25) is 0 Å². The second-order valence-electron chi connectivity index (χ2n) is 2.83. The predicted molar refractivity (Wildman–Crippen MR) is 33.3 cm³/mol. The molecule has 2 rings (SSSR count). The highest BCUT2D eigenvalue weighted by Gasteiger charge is 2.38. The van der Waals surface area contributed by atoms with Crippen molar-refractivity contribution < 1.29 is 9.47 Å². The van der Waals surface area contributed by atoms with Crippen LogP contribution in [-0.2, 0) is 9.47 Å². The Balaban J connectivity index is 1.81. The van der Waals surface area contributed by atoms with Crippen LogP contribution >= 0.6 is 0 Å². The van der Waals surface area contributed by atoms with E-state index in [4.69, 9.17) is 9.47 Å². The lowest BCUT2D eigenvalue weighted by Crippen LogP contribution is -2.11. The quantitative estimate of drug-likeness (QED) is 0.480. The molecule has 0 aromatic rings. The van der Waals surface area contributed by atoms with Crippen LogP contribution in [0, 0.1) is 5.92 Å². The highest BCUT2D eigenvalue weighted by Crippen LogP contribution is 2.34. The summed E-state index contributed by atoms with van der Waals surface area (Å²) >= 11 is 0. The molecule has 0 N–H and O–H groups in total. The molecule has 1 saturated carbocycles. The molecule has 1 heterocycles. The van der Waals surface area contributed by atoms with E-state index in [1.807, 2.05) is 0 Å². The van der Waals surface area contributed by atoms with Gasteiger partial charge in [0.1, 0.15) is 0 Å². The lowest BCUT2D eigenvalue weighted by molar-refractivity contribution is 0.0297. The second kappa shape index (κ2) is 2.27. The topological polar surface area (TPSA) is 18.5 Å². The number of rotatable bonds is 0. The summed E-state index contributed by atoms with van der Waals surface area (Å²) in [5.41, 5.74) is 0. The molecule has 1 aliphatic heterocycles. The van der Waals surface area contributed by atoms with Crippen LogP contribution in [0.5, 0.6) is 0 Å². The summed E-state index contributed by atoms with van der Waals surface area (Å²) in [7, 11) is 0. The minimum Gasteiger partial charge on any atom is -0.381 e. The monoisotopic (exact) mass is 128 g/mol. The van der Waals surface area contributed by atoms with Crippen molar-refractivity contribution in [2.45, 2.75) is 18.9 Å². The third-order valence-electron chi connectivity index (χ3n) is 1.95. The summed E-state index contributed by atoms with van der Waals surface area (Å²) in [4.78, 5) is 0. The SMILES string of the molecule is C1COCC2CC2OC1. The molecule has 0 amide bonds. The maximum Gasteiger partial charge on any atom is 0.0630 e. The van der Waals surface area contributed by atoms with Gasteiger partial charge in [-0.2, -0.15) is 0 Å². The molecule has 2 atom stereocenters. The van der Waals surface area contributed by atoms with E-state index in [9.17, 15) is 0 Å². The zero-order chi connectivity index (χ0) is 6.10. The van der Waals surface area contributed by atoms with Gasteiger partial charge in [0.15, 0.2) is 0 Å². The van der Waals surface area contributed by atoms with Gasteiger partial charge in [0.05, 0.1) is 12.7 Å². The Morgan fingerprint density at radius 1 is 1.22 bits per heavy atom. The van der Waals surface area contributed by atoms with Crippen LogP contribution < -0.4 is 0 Å². The van der Waals surface area contributed by atoms with Gasteiger partial charge in [0, 0.05) is 19.1 Å². The predicted octanol–water partition coefficient (Wildman–Crippen LogP) is 0.812. The van der Waals surface area contributed by atoms with E-state index in [0.29, 0.717) is 6.10 Å². The van der Waals surface area contributed by atoms with Gasteiger partial charge in [-0.05, 0) is 12.8 Å². The van der Waals surface area contributed by atoms with Gasteiger partial charge < -0.3 is 9.47 Å². The van der Waals surface area contributed by atoms with Crippen LogP contribution in [0.25, 0.3) is 0 Å². The molecule has 0 aromatic heterocycles. The second-order valence-corrected chi connectivity index (χ2v) is 2.83. The fourth-order valence-electron chi connectivity index (χ4n) is 1.23. The van der Waals surface area contributed by atoms with E-state index < -0.39 is 0 Å². The van der Waals surface area contributed by atoms with Crippen LogP contribution in [0.15, 0.2) is 0 Å². The molecule has 0 radical (unpaired) electrons. The molecule has 2 unspecified atom stereocenters. The van der Waals surface area contributed by atoms with Crippen molar-refractivity contribution in [2.75, 3.05) is 19.8 Å². The van der Waals surface area contributed by atoms with Crippen molar-refractivity contribution in [3.05, 3.63) is 0 Å². The number of hydrogen-bond acceptors (Lipinski definition) is 2. The van der Waals surface area contributed by atoms with Crippen LogP contribution in [0.3, 0.4) is 0 Å². The molecule has 9 heavy (non-hydrogen) atoms. The zero-order valence-corrected chi connectivity index (χ0v) is 5.51. The van der Waals surface area contributed by atoms with Crippen LogP contribution in [-0.4, -0.2) is 25.9 Å². The fourth-order valence-corrected chi connectivity index (χ4v) is 1.23. The smallest absolute Gasteiger partial charge is 0.0630 e. The molecule has 2 fully saturated rings. The van der Waals surface area contributed by atoms with E-state index in [1.165, 1.54) is 6.42 Å². The normalized spacial score (nSPS) is 42.7. The van der Waals surface area contributed by atoms with Crippen LogP contribution in [0.4, 0.5) is 0 Å². The Bertz CT molecular complexity index is 91.1. The first kappa shape index (κ1) is 5.69. The number of fused-ring (bicyclic) bond motifs is 1. The Morgan fingerprint density at radius 2 is 2.22 bits per heavy atom. The molecule has 52 valence electrons. The Morgan fingerprint density at radius 3 is 3.22 bits per heavy atom. The first-order valence-corrected chi connectivity index (χ1v) is 3.66. The molecular formula is C7H12O2. The van der Waals surface area contributed by atoms with Crippen LogP contribution in [0.1, 0.15) is 12.8 Å². The van der Waals surface area contributed by atoms with Crippen molar-refractivity contribution in [3.8, 4) is 0 Å². The summed E-state index contributed by atoms with van der Waals surface area (Å²) in [5.74, 6) is 0.741. The van der Waals surface area contributed by atoms with Crippen molar-refractivity contribution >= 4 is 0 Å². The van der Waals surface area contributed by atoms with E-state index in [0.717, 1.165) is 32.2 Å². The van der Waals surface area contributed by atoms with E-state index in [2.05, 4.69) is 0 Å². The lowest BCUT2D eigenvalue weighted by Gasteiger charge is -2.08. The summed E-state index contributed by atoms with van der Waals surface area (Å²) in [6.45, 7) is 2.73. The van der Waals surface area contributed by atoms with Gasteiger partial charge in [0.2, 0.25) is 0 Å². The Kier molecular flexibility index (Phi) is 1.44. The first-order chi connectivity index (χ1) is 4.47. The summed E-state index contributed by atoms with van der Waals surface area (Å²) < 4.78 is 10.8. The van der Waals surface area contributed by atoms with Crippen LogP contribution in [0.2, 0.25) is 0 Å². The van der Waals surface area contributed by atoms with E-state index in [-0.39, 0.29) is 0 Å². The molecular weight excluding hydrogens is 116 g/mol. The third-order valence-corrected chi connectivity index (χ3v) is 1.95. The van der Waals surface area contributed by atoms with E-state index in [1.54, 1.807) is 0 Å². The fraction of sp³-hybridized carbons (Fsp3) is 1.00. The maximum atomic E-state index is 5.48. The average molecular weight is 128 g/mol.